The minimum Gasteiger partial charge on any atom is -0.496 e. The standard InChI is InChI=1S/C29H40N2O4.C23H31NO4.C8H14/c1-11-14-22(12-2)30(7)27-23-17-21(15-13-16-33-9)25(34-10)18-26(23)35-19-24(27)20(3)28(32)31(8)29(4,5)6;1-15-16(11-22(25)24(5)23(2,3)4)14-28-21-13-20(26-6)18(12-17(15)21)19-9-7-8-10-27-19;1-4-7-8(5-2)6-3/h11-15,17-18H,3,16,19H2,1-2,4-10H3;9,12-13H,7-8,10-11,14H2,1-6H3;4-5,7H,6H2,1-3H3/b14-11-,15-13+,22-12+;;7-4-,8-5-. The van der Waals surface area contributed by atoms with Crippen molar-refractivity contribution in [1.29, 1.82) is 0 Å². The highest BCUT2D eigenvalue weighted by Crippen LogP contribution is 2.44. The van der Waals surface area contributed by atoms with Crippen LogP contribution in [0, 0.1) is 0 Å². The van der Waals surface area contributed by atoms with Gasteiger partial charge in [-0.05, 0) is 131 Å². The second-order valence-electron chi connectivity index (χ2n) is 19.5. The van der Waals surface area contributed by atoms with Gasteiger partial charge >= 0.3 is 0 Å². The molecule has 0 radical (unpaired) electrons. The molecular formula is C60H85N3O8. The molecule has 3 heterocycles. The number of carbonyl (C=O) groups excluding carboxylic acids is 2. The van der Waals surface area contributed by atoms with Crippen LogP contribution >= 0.6 is 0 Å². The van der Waals surface area contributed by atoms with Crippen molar-refractivity contribution in [3.05, 3.63) is 130 Å². The lowest BCUT2D eigenvalue weighted by Crippen LogP contribution is -2.43. The Kier molecular flexibility index (Phi) is 22.8. The van der Waals surface area contributed by atoms with Crippen molar-refractivity contribution in [2.24, 2.45) is 0 Å². The van der Waals surface area contributed by atoms with Crippen LogP contribution in [0.5, 0.6) is 23.0 Å². The largest absolute Gasteiger partial charge is 0.496 e. The zero-order valence-corrected chi connectivity index (χ0v) is 46.5. The molecule has 0 fully saturated rings. The average molecular weight is 976 g/mol. The average Bonchev–Trinajstić information content (AvgIpc) is 3.36. The Labute approximate surface area is 427 Å². The summed E-state index contributed by atoms with van der Waals surface area (Å²) in [5.74, 6) is 3.74. The molecule has 5 rings (SSSR count). The normalized spacial score (nSPS) is 15.0. The van der Waals surface area contributed by atoms with E-state index >= 15 is 0 Å². The van der Waals surface area contributed by atoms with E-state index in [-0.39, 0.29) is 29.5 Å². The predicted octanol–water partition coefficient (Wildman–Crippen LogP) is 13.3. The summed E-state index contributed by atoms with van der Waals surface area (Å²) in [5, 5.41) is 0. The van der Waals surface area contributed by atoms with Crippen LogP contribution in [0.3, 0.4) is 0 Å². The Morgan fingerprint density at radius 1 is 0.775 bits per heavy atom. The SMILES string of the molecule is C/C=C\C(=C/C)CC.C=C(C(=O)N(C)C(C)(C)C)C1=C(N(C)C(/C=C\C)=C/C)c2cc(/C=C/COC)c(OC)cc2OC1.COc1cc2c(cc1C1=CCCCO1)C(C)=C(CC(=O)N(C)C(C)(C)C)CO2. The topological polar surface area (TPSA) is 99.2 Å². The van der Waals surface area contributed by atoms with Crippen molar-refractivity contribution in [3.8, 4) is 23.0 Å². The molecule has 0 saturated carbocycles. The molecule has 0 bridgehead atoms. The zero-order valence-electron chi connectivity index (χ0n) is 46.5. The van der Waals surface area contributed by atoms with Gasteiger partial charge in [0.2, 0.25) is 5.91 Å². The van der Waals surface area contributed by atoms with Crippen molar-refractivity contribution in [3.63, 3.8) is 0 Å². The third kappa shape index (κ3) is 15.6. The highest BCUT2D eigenvalue weighted by molar-refractivity contribution is 6.01. The lowest BCUT2D eigenvalue weighted by molar-refractivity contribution is -0.133. The molecule has 0 N–H and O–H groups in total. The number of rotatable bonds is 15. The lowest BCUT2D eigenvalue weighted by atomic mass is 9.93. The maximum atomic E-state index is 13.4. The summed E-state index contributed by atoms with van der Waals surface area (Å²) in [6.07, 6.45) is 21.9. The molecule has 0 spiro atoms. The molecule has 0 saturated heterocycles. The minimum absolute atomic E-state index is 0.0981. The first-order valence-corrected chi connectivity index (χ1v) is 24.7. The molecule has 3 aliphatic heterocycles. The minimum atomic E-state index is -0.341. The number of hydrogen-bond acceptors (Lipinski definition) is 9. The highest BCUT2D eigenvalue weighted by Gasteiger charge is 2.33. The highest BCUT2D eigenvalue weighted by atomic mass is 16.5. The van der Waals surface area contributed by atoms with Gasteiger partial charge in [-0.15, -0.1) is 0 Å². The first kappa shape index (κ1) is 59.1. The molecular weight excluding hydrogens is 891 g/mol. The Hall–Kier alpha value is -6.20. The smallest absolute Gasteiger partial charge is 0.253 e. The van der Waals surface area contributed by atoms with E-state index in [1.54, 1.807) is 38.2 Å². The quantitative estimate of drug-likeness (QED) is 0.128. The number of benzene rings is 2. The molecule has 0 aliphatic carbocycles. The molecule has 11 heteroatoms. The van der Waals surface area contributed by atoms with E-state index in [9.17, 15) is 9.59 Å². The molecule has 0 unspecified atom stereocenters. The van der Waals surface area contributed by atoms with E-state index in [4.69, 9.17) is 28.4 Å². The van der Waals surface area contributed by atoms with E-state index in [0.717, 1.165) is 93.5 Å². The van der Waals surface area contributed by atoms with Crippen LogP contribution in [-0.4, -0.2) is 106 Å². The zero-order chi connectivity index (χ0) is 53.2. The Balaban J connectivity index is 0.000000330. The number of fused-ring (bicyclic) bond motifs is 2. The van der Waals surface area contributed by atoms with E-state index in [1.807, 2.05) is 125 Å². The van der Waals surface area contributed by atoms with Crippen LogP contribution in [0.25, 0.3) is 23.1 Å². The second kappa shape index (κ2) is 27.4. The third-order valence-corrected chi connectivity index (χ3v) is 12.8. The van der Waals surface area contributed by atoms with Crippen molar-refractivity contribution in [2.45, 2.75) is 120 Å². The van der Waals surface area contributed by atoms with Crippen molar-refractivity contribution in [2.75, 3.05) is 68.9 Å². The summed E-state index contributed by atoms with van der Waals surface area (Å²) < 4.78 is 34.4. The summed E-state index contributed by atoms with van der Waals surface area (Å²) in [7, 11) is 10.6. The summed E-state index contributed by atoms with van der Waals surface area (Å²) in [5.41, 5.74) is 9.69. The molecule has 3 aliphatic rings. The molecule has 2 aromatic carbocycles. The van der Waals surface area contributed by atoms with E-state index in [2.05, 4.69) is 62.6 Å². The van der Waals surface area contributed by atoms with Crippen molar-refractivity contribution in [1.82, 2.24) is 14.7 Å². The number of amides is 2. The van der Waals surface area contributed by atoms with E-state index in [1.165, 1.54) is 5.57 Å². The van der Waals surface area contributed by atoms with Crippen LogP contribution in [0.4, 0.5) is 0 Å². The fourth-order valence-corrected chi connectivity index (χ4v) is 7.83. The molecule has 0 atom stereocenters. The van der Waals surface area contributed by atoms with Crippen LogP contribution in [0.15, 0.2) is 107 Å². The van der Waals surface area contributed by atoms with Crippen molar-refractivity contribution < 1.29 is 38.0 Å². The molecule has 71 heavy (non-hydrogen) atoms. The fraction of sp³-hybridized carbons (Fsp3) is 0.467. The van der Waals surface area contributed by atoms with E-state index in [0.29, 0.717) is 36.7 Å². The molecule has 2 amide bonds. The number of nitrogens with zero attached hydrogens (tertiary/aromatic N) is 3. The number of allylic oxidation sites excluding steroid dienone is 9. The van der Waals surface area contributed by atoms with Gasteiger partial charge in [0, 0.05) is 85.0 Å². The van der Waals surface area contributed by atoms with Gasteiger partial charge in [-0.3, -0.25) is 9.59 Å². The maximum Gasteiger partial charge on any atom is 0.253 e. The summed E-state index contributed by atoms with van der Waals surface area (Å²) >= 11 is 0. The van der Waals surface area contributed by atoms with Gasteiger partial charge in [0.25, 0.3) is 5.91 Å². The lowest BCUT2D eigenvalue weighted by Gasteiger charge is -2.36. The third-order valence-electron chi connectivity index (χ3n) is 12.8. The number of carbonyl (C=O) groups is 2. The number of likely N-dealkylation sites (N-methyl/N-ethyl adjacent to an activating group) is 2. The monoisotopic (exact) mass is 976 g/mol. The Morgan fingerprint density at radius 2 is 1.39 bits per heavy atom. The van der Waals surface area contributed by atoms with Crippen LogP contribution in [0.1, 0.15) is 131 Å². The molecule has 2 aromatic rings. The molecule has 11 nitrogen and oxygen atoms in total. The van der Waals surface area contributed by atoms with Gasteiger partial charge < -0.3 is 43.1 Å². The van der Waals surface area contributed by atoms with Gasteiger partial charge in [-0.2, -0.15) is 0 Å². The van der Waals surface area contributed by atoms with Crippen LogP contribution in [-0.2, 0) is 19.1 Å². The molecule has 388 valence electrons. The maximum absolute atomic E-state index is 13.4. The van der Waals surface area contributed by atoms with Gasteiger partial charge in [-0.1, -0.05) is 61.6 Å². The first-order chi connectivity index (χ1) is 33.6. The van der Waals surface area contributed by atoms with E-state index < -0.39 is 0 Å². The summed E-state index contributed by atoms with van der Waals surface area (Å²) in [4.78, 5) is 31.7. The number of ether oxygens (including phenoxy) is 6. The van der Waals surface area contributed by atoms with Gasteiger partial charge in [0.05, 0.1) is 45.1 Å². The van der Waals surface area contributed by atoms with Gasteiger partial charge in [0.1, 0.15) is 42.0 Å². The predicted molar refractivity (Wildman–Crippen MR) is 295 cm³/mol. The van der Waals surface area contributed by atoms with Gasteiger partial charge in [-0.25, -0.2) is 0 Å². The Morgan fingerprint density at radius 3 is 1.92 bits per heavy atom. The number of hydrogen-bond donors (Lipinski definition) is 0. The first-order valence-electron chi connectivity index (χ1n) is 24.7. The molecule has 0 aromatic heterocycles. The number of methoxy groups -OCH3 is 3. The van der Waals surface area contributed by atoms with Gasteiger partial charge in [0.15, 0.2) is 0 Å². The fourth-order valence-electron chi connectivity index (χ4n) is 7.83. The van der Waals surface area contributed by atoms with Crippen LogP contribution in [0.2, 0.25) is 0 Å². The van der Waals surface area contributed by atoms with Crippen LogP contribution < -0.4 is 18.9 Å². The second-order valence-corrected chi connectivity index (χ2v) is 19.5. The summed E-state index contributed by atoms with van der Waals surface area (Å²) in [6, 6.07) is 7.91. The summed E-state index contributed by atoms with van der Waals surface area (Å²) in [6.45, 7) is 30.5. The Bertz CT molecular complexity index is 2440. The van der Waals surface area contributed by atoms with Crippen molar-refractivity contribution >= 4 is 34.9 Å².